The summed E-state index contributed by atoms with van der Waals surface area (Å²) in [5.74, 6) is -0.726. The minimum Gasteiger partial charge on any atom is -0.467 e. The Balaban J connectivity index is 4.38. The topological polar surface area (TPSA) is 79.2 Å². The third-order valence-electron chi connectivity index (χ3n) is 2.45. The molecule has 0 saturated carbocycles. The molecule has 0 aliphatic rings. The van der Waals surface area contributed by atoms with Crippen LogP contribution in [0.25, 0.3) is 0 Å². The molecule has 0 rings (SSSR count). The maximum absolute atomic E-state index is 11.4. The van der Waals surface area contributed by atoms with Crippen LogP contribution < -0.4 is 5.32 Å². The zero-order chi connectivity index (χ0) is 12.6. The average molecular weight is 226 g/mol. The number of ether oxygens (including phenoxy) is 1. The molecular formula is C11H18N2O3. The molecule has 0 fully saturated rings. The summed E-state index contributed by atoms with van der Waals surface area (Å²) in [5.41, 5.74) is 0. The van der Waals surface area contributed by atoms with E-state index in [1.807, 2.05) is 19.9 Å². The molecule has 0 heterocycles. The average Bonchev–Trinajstić information content (AvgIpc) is 2.31. The number of amides is 1. The van der Waals surface area contributed by atoms with Gasteiger partial charge in [-0.05, 0) is 5.92 Å². The van der Waals surface area contributed by atoms with Gasteiger partial charge in [-0.1, -0.05) is 20.3 Å². The van der Waals surface area contributed by atoms with E-state index in [9.17, 15) is 9.59 Å². The molecule has 5 heteroatoms. The van der Waals surface area contributed by atoms with Crippen molar-refractivity contribution < 1.29 is 14.3 Å². The quantitative estimate of drug-likeness (QED) is 0.685. The van der Waals surface area contributed by atoms with Gasteiger partial charge in [0.05, 0.1) is 13.2 Å². The summed E-state index contributed by atoms with van der Waals surface area (Å²) >= 11 is 0. The van der Waals surface area contributed by atoms with Gasteiger partial charge in [-0.3, -0.25) is 4.79 Å². The van der Waals surface area contributed by atoms with Gasteiger partial charge in [-0.25, -0.2) is 4.79 Å². The fraction of sp³-hybridized carbons (Fsp3) is 0.727. The summed E-state index contributed by atoms with van der Waals surface area (Å²) in [6.07, 6.45) is 1.03. The summed E-state index contributed by atoms with van der Waals surface area (Å²) in [6, 6.07) is 1.26. The van der Waals surface area contributed by atoms with Crippen molar-refractivity contribution in [2.24, 2.45) is 5.92 Å². The summed E-state index contributed by atoms with van der Waals surface area (Å²) < 4.78 is 4.62. The van der Waals surface area contributed by atoms with Gasteiger partial charge < -0.3 is 10.1 Å². The normalized spacial score (nSPS) is 13.4. The van der Waals surface area contributed by atoms with E-state index in [1.165, 1.54) is 7.11 Å². The van der Waals surface area contributed by atoms with Crippen molar-refractivity contribution in [1.82, 2.24) is 5.32 Å². The van der Waals surface area contributed by atoms with E-state index < -0.39 is 12.0 Å². The molecule has 0 unspecified atom stereocenters. The lowest BCUT2D eigenvalue weighted by molar-refractivity contribution is -0.146. The third-order valence-corrected chi connectivity index (χ3v) is 2.45. The Hall–Kier alpha value is -1.57. The SMILES string of the molecule is CC[C@H](C)[C@H](NC(=O)CCC#N)C(=O)OC. The van der Waals surface area contributed by atoms with Crippen molar-refractivity contribution >= 4 is 11.9 Å². The molecule has 0 aromatic carbocycles. The van der Waals surface area contributed by atoms with Crippen molar-refractivity contribution in [3.05, 3.63) is 0 Å². The molecule has 0 aliphatic carbocycles. The molecule has 5 nitrogen and oxygen atoms in total. The lowest BCUT2D eigenvalue weighted by atomic mass is 9.99. The molecule has 0 radical (unpaired) electrons. The zero-order valence-corrected chi connectivity index (χ0v) is 9.95. The van der Waals surface area contributed by atoms with Crippen LogP contribution in [0.1, 0.15) is 33.1 Å². The van der Waals surface area contributed by atoms with Crippen LogP contribution in [0.4, 0.5) is 0 Å². The number of nitriles is 1. The van der Waals surface area contributed by atoms with Crippen LogP contribution in [0, 0.1) is 17.2 Å². The monoisotopic (exact) mass is 226 g/mol. The van der Waals surface area contributed by atoms with E-state index in [4.69, 9.17) is 5.26 Å². The smallest absolute Gasteiger partial charge is 0.328 e. The number of hydrogen-bond acceptors (Lipinski definition) is 4. The fourth-order valence-electron chi connectivity index (χ4n) is 1.21. The first-order chi connectivity index (χ1) is 7.56. The molecule has 0 saturated heterocycles. The third kappa shape index (κ3) is 4.78. The molecule has 1 amide bonds. The Morgan fingerprint density at radius 3 is 2.56 bits per heavy atom. The number of nitrogens with zero attached hydrogens (tertiary/aromatic N) is 1. The highest BCUT2D eigenvalue weighted by atomic mass is 16.5. The minimum absolute atomic E-state index is 0.0125. The maximum atomic E-state index is 11.4. The number of rotatable bonds is 6. The molecule has 0 aliphatic heterocycles. The number of esters is 1. The maximum Gasteiger partial charge on any atom is 0.328 e. The zero-order valence-electron chi connectivity index (χ0n) is 9.95. The number of nitrogens with one attached hydrogen (secondary N) is 1. The number of carbonyl (C=O) groups excluding carboxylic acids is 2. The highest BCUT2D eigenvalue weighted by molar-refractivity contribution is 5.84. The van der Waals surface area contributed by atoms with Gasteiger partial charge in [0, 0.05) is 12.8 Å². The number of hydrogen-bond donors (Lipinski definition) is 1. The second-order valence-electron chi connectivity index (χ2n) is 3.61. The van der Waals surface area contributed by atoms with Gasteiger partial charge >= 0.3 is 5.97 Å². The Morgan fingerprint density at radius 1 is 1.50 bits per heavy atom. The van der Waals surface area contributed by atoms with E-state index in [1.54, 1.807) is 0 Å². The highest BCUT2D eigenvalue weighted by Gasteiger charge is 2.26. The molecule has 2 atom stereocenters. The number of carbonyl (C=O) groups is 2. The van der Waals surface area contributed by atoms with Crippen LogP contribution in [0.5, 0.6) is 0 Å². The predicted molar refractivity (Wildman–Crippen MR) is 58.2 cm³/mol. The first kappa shape index (κ1) is 14.4. The Bertz CT molecular complexity index is 283. The van der Waals surface area contributed by atoms with E-state index >= 15 is 0 Å². The second-order valence-corrected chi connectivity index (χ2v) is 3.61. The minimum atomic E-state index is -0.624. The van der Waals surface area contributed by atoms with Crippen LogP contribution in [0.15, 0.2) is 0 Å². The van der Waals surface area contributed by atoms with Gasteiger partial charge in [0.2, 0.25) is 5.91 Å². The lowest BCUT2D eigenvalue weighted by Crippen LogP contribution is -2.45. The van der Waals surface area contributed by atoms with Crippen LogP contribution in [-0.2, 0) is 14.3 Å². The molecule has 90 valence electrons. The fourth-order valence-corrected chi connectivity index (χ4v) is 1.21. The van der Waals surface area contributed by atoms with Gasteiger partial charge in [-0.15, -0.1) is 0 Å². The van der Waals surface area contributed by atoms with E-state index in [0.29, 0.717) is 0 Å². The molecule has 0 bridgehead atoms. The second kappa shape index (κ2) is 7.69. The molecular weight excluding hydrogens is 208 g/mol. The Kier molecular flexibility index (Phi) is 6.93. The summed E-state index contributed by atoms with van der Waals surface area (Å²) in [5, 5.41) is 10.9. The number of methoxy groups -OCH3 is 1. The first-order valence-corrected chi connectivity index (χ1v) is 5.30. The molecule has 0 aromatic heterocycles. The summed E-state index contributed by atoms with van der Waals surface area (Å²) in [6.45, 7) is 3.80. The van der Waals surface area contributed by atoms with Crippen molar-refractivity contribution in [2.75, 3.05) is 7.11 Å². The van der Waals surface area contributed by atoms with E-state index in [0.717, 1.165) is 6.42 Å². The van der Waals surface area contributed by atoms with Crippen LogP contribution in [-0.4, -0.2) is 25.0 Å². The van der Waals surface area contributed by atoms with Gasteiger partial charge in [0.25, 0.3) is 0 Å². The van der Waals surface area contributed by atoms with Crippen LogP contribution >= 0.6 is 0 Å². The molecule has 0 spiro atoms. The molecule has 16 heavy (non-hydrogen) atoms. The largest absolute Gasteiger partial charge is 0.467 e. The highest BCUT2D eigenvalue weighted by Crippen LogP contribution is 2.09. The van der Waals surface area contributed by atoms with E-state index in [-0.39, 0.29) is 24.7 Å². The van der Waals surface area contributed by atoms with Crippen molar-refractivity contribution in [3.8, 4) is 6.07 Å². The van der Waals surface area contributed by atoms with Crippen molar-refractivity contribution in [1.29, 1.82) is 5.26 Å². The van der Waals surface area contributed by atoms with Gasteiger partial charge in [0.1, 0.15) is 6.04 Å². The Labute approximate surface area is 95.8 Å². The van der Waals surface area contributed by atoms with Crippen molar-refractivity contribution in [2.45, 2.75) is 39.2 Å². The molecule has 1 N–H and O–H groups in total. The lowest BCUT2D eigenvalue weighted by Gasteiger charge is -2.21. The van der Waals surface area contributed by atoms with Crippen LogP contribution in [0.3, 0.4) is 0 Å². The molecule has 0 aromatic rings. The van der Waals surface area contributed by atoms with Gasteiger partial charge in [0.15, 0.2) is 0 Å². The van der Waals surface area contributed by atoms with Crippen molar-refractivity contribution in [3.63, 3.8) is 0 Å². The summed E-state index contributed by atoms with van der Waals surface area (Å²) in [7, 11) is 1.29. The predicted octanol–water partition coefficient (Wildman–Crippen LogP) is 0.994. The van der Waals surface area contributed by atoms with E-state index in [2.05, 4.69) is 10.1 Å². The standard InChI is InChI=1S/C11H18N2O3/c1-4-8(2)10(11(15)16-3)13-9(14)6-5-7-12/h8,10H,4-6H2,1-3H3,(H,13,14)/t8-,10-/m0/s1. The Morgan fingerprint density at radius 2 is 2.12 bits per heavy atom. The summed E-state index contributed by atoms with van der Waals surface area (Å²) in [4.78, 5) is 22.8. The van der Waals surface area contributed by atoms with Gasteiger partial charge in [-0.2, -0.15) is 5.26 Å². The first-order valence-electron chi connectivity index (χ1n) is 5.30. The van der Waals surface area contributed by atoms with Crippen LogP contribution in [0.2, 0.25) is 0 Å².